The summed E-state index contributed by atoms with van der Waals surface area (Å²) in [6, 6.07) is 9.95. The van der Waals surface area contributed by atoms with Gasteiger partial charge in [0.05, 0.1) is 33.2 Å². The number of nitrogens with one attached hydrogen (secondary N) is 1. The molecule has 39 heavy (non-hydrogen) atoms. The van der Waals surface area contributed by atoms with E-state index in [-0.39, 0.29) is 24.2 Å². The van der Waals surface area contributed by atoms with E-state index in [1.165, 1.54) is 11.3 Å². The molecule has 0 radical (unpaired) electrons. The maximum atomic E-state index is 13.3. The van der Waals surface area contributed by atoms with Gasteiger partial charge in [0, 0.05) is 43.5 Å². The number of hydrogen-bond donors (Lipinski definition) is 3. The lowest BCUT2D eigenvalue weighted by atomic mass is 9.76. The molecule has 2 heterocycles. The number of alkyl halides is 3. The quantitative estimate of drug-likeness (QED) is 0.352. The minimum atomic E-state index is -4.28. The fraction of sp³-hybridized carbons (Fsp3) is 0.593. The summed E-state index contributed by atoms with van der Waals surface area (Å²) in [6.45, 7) is 1.08. The number of aromatic nitrogens is 1. The number of carbonyl (C=O) groups is 1. The highest BCUT2D eigenvalue weighted by molar-refractivity contribution is 8.24. The molecule has 12 heteroatoms. The first-order chi connectivity index (χ1) is 18.5. The van der Waals surface area contributed by atoms with Crippen molar-refractivity contribution in [2.45, 2.75) is 69.0 Å². The average molecular weight is 583 g/mol. The fourth-order valence-corrected chi connectivity index (χ4v) is 7.86. The molecule has 212 valence electrons. The Kier molecular flexibility index (Phi) is 7.90. The number of anilines is 1. The van der Waals surface area contributed by atoms with Crippen molar-refractivity contribution in [2.75, 3.05) is 29.5 Å². The Morgan fingerprint density at radius 3 is 2.46 bits per heavy atom. The molecule has 2 atom stereocenters. The molecule has 2 aromatic rings. The van der Waals surface area contributed by atoms with Crippen LogP contribution in [0.15, 0.2) is 24.3 Å². The third-order valence-corrected chi connectivity index (χ3v) is 10.8. The van der Waals surface area contributed by atoms with Crippen molar-refractivity contribution in [3.63, 3.8) is 0 Å². The van der Waals surface area contributed by atoms with Crippen LogP contribution in [0.2, 0.25) is 0 Å². The normalized spacial score (nSPS) is 25.0. The Morgan fingerprint density at radius 2 is 1.85 bits per heavy atom. The van der Waals surface area contributed by atoms with Gasteiger partial charge in [-0.1, -0.05) is 25.0 Å². The van der Waals surface area contributed by atoms with Gasteiger partial charge in [0.25, 0.3) is 0 Å². The van der Waals surface area contributed by atoms with Gasteiger partial charge in [0.2, 0.25) is 5.91 Å². The predicted molar refractivity (Wildman–Crippen MR) is 147 cm³/mol. The van der Waals surface area contributed by atoms with Crippen molar-refractivity contribution < 1.29 is 27.1 Å². The molecule has 2 aliphatic carbocycles. The molecular formula is C27H33F3N4O3S2. The maximum Gasteiger partial charge on any atom is 0.389 e. The number of nitrogens with zero attached hydrogens (tertiary/aromatic N) is 3. The van der Waals surface area contributed by atoms with Crippen LogP contribution >= 0.6 is 21.9 Å². The molecule has 1 saturated heterocycles. The molecule has 0 spiro atoms. The number of aryl methyl sites for hydroxylation is 1. The zero-order chi connectivity index (χ0) is 27.8. The summed E-state index contributed by atoms with van der Waals surface area (Å²) in [4.78, 5) is 20.9. The second kappa shape index (κ2) is 10.9. The third kappa shape index (κ3) is 6.70. The maximum absolute atomic E-state index is 13.3. The van der Waals surface area contributed by atoms with Crippen LogP contribution in [0.1, 0.15) is 61.6 Å². The van der Waals surface area contributed by atoms with Crippen molar-refractivity contribution in [3.05, 3.63) is 35.0 Å². The number of rotatable bonds is 7. The standard InChI is InChI=1S/C27H33F3N4O3S2/c28-27(29,30)10-9-22-32-23(20-3-1-2-4-21(20)25(35)33-26(17-31)11-12-26)24(38-22)18-5-7-19(8-6-18)34-13-15-39(36,37)16-14-34/h5-8,20-21,36-37H,1-4,9-16H2,(H,33,35)/t20-,21-/m1/s1. The van der Waals surface area contributed by atoms with Crippen molar-refractivity contribution in [3.8, 4) is 16.5 Å². The Morgan fingerprint density at radius 1 is 1.18 bits per heavy atom. The Bertz CT molecular complexity index is 1230. The van der Waals surface area contributed by atoms with E-state index in [1.54, 1.807) is 0 Å². The number of amides is 1. The summed E-state index contributed by atoms with van der Waals surface area (Å²) in [6.07, 6.45) is -1.02. The SMILES string of the molecule is N#CC1(NC(=O)[C@@H]2CCCC[C@H]2c2nc(CCC(F)(F)F)sc2-c2ccc(N3CCS(O)(O)CC3)cc2)CC1. The molecule has 3 fully saturated rings. The molecular weight excluding hydrogens is 549 g/mol. The highest BCUT2D eigenvalue weighted by Gasteiger charge is 2.47. The lowest BCUT2D eigenvalue weighted by Gasteiger charge is -2.41. The van der Waals surface area contributed by atoms with E-state index in [2.05, 4.69) is 16.3 Å². The van der Waals surface area contributed by atoms with E-state index in [0.717, 1.165) is 29.0 Å². The molecule has 1 aliphatic heterocycles. The van der Waals surface area contributed by atoms with Gasteiger partial charge in [0.15, 0.2) is 0 Å². The largest absolute Gasteiger partial charge is 0.389 e. The van der Waals surface area contributed by atoms with Crippen molar-refractivity contribution in [1.82, 2.24) is 10.3 Å². The van der Waals surface area contributed by atoms with Crippen molar-refractivity contribution in [1.29, 1.82) is 5.26 Å². The van der Waals surface area contributed by atoms with E-state index in [1.807, 2.05) is 24.3 Å². The molecule has 3 N–H and O–H groups in total. The van der Waals surface area contributed by atoms with Crippen molar-refractivity contribution in [2.24, 2.45) is 5.92 Å². The third-order valence-electron chi connectivity index (χ3n) is 7.97. The Labute approximate surface area is 231 Å². The van der Waals surface area contributed by atoms with E-state index in [9.17, 15) is 32.3 Å². The monoisotopic (exact) mass is 582 g/mol. The summed E-state index contributed by atoms with van der Waals surface area (Å²) in [5, 5.41) is 12.8. The number of benzene rings is 1. The van der Waals surface area contributed by atoms with Crippen LogP contribution in [0.5, 0.6) is 0 Å². The fourth-order valence-electron chi connectivity index (χ4n) is 5.49. The van der Waals surface area contributed by atoms with E-state index in [4.69, 9.17) is 4.98 Å². The highest BCUT2D eigenvalue weighted by atomic mass is 32.3. The van der Waals surface area contributed by atoms with Gasteiger partial charge in [0.1, 0.15) is 5.54 Å². The Balaban J connectivity index is 1.43. The second-order valence-corrected chi connectivity index (χ2v) is 14.4. The molecule has 1 aromatic carbocycles. The number of carbonyl (C=O) groups excluding carboxylic acids is 1. The summed E-state index contributed by atoms with van der Waals surface area (Å²) >= 11 is 1.26. The zero-order valence-corrected chi connectivity index (χ0v) is 23.2. The first kappa shape index (κ1) is 28.2. The summed E-state index contributed by atoms with van der Waals surface area (Å²) in [5.74, 6) is -0.122. The van der Waals surface area contributed by atoms with Gasteiger partial charge in [-0.15, -0.1) is 11.3 Å². The smallest absolute Gasteiger partial charge is 0.368 e. The first-order valence-electron chi connectivity index (χ1n) is 13.4. The number of hydrogen-bond acceptors (Lipinski definition) is 7. The average Bonchev–Trinajstić information content (AvgIpc) is 3.55. The topological polar surface area (TPSA) is 109 Å². The Hall–Kier alpha value is -2.33. The number of thiazole rings is 1. The lowest BCUT2D eigenvalue weighted by Crippen LogP contribution is -2.42. The van der Waals surface area contributed by atoms with E-state index >= 15 is 0 Å². The molecule has 1 amide bonds. The van der Waals surface area contributed by atoms with Crippen LogP contribution in [0.4, 0.5) is 18.9 Å². The van der Waals surface area contributed by atoms with Crippen LogP contribution in [-0.2, 0) is 11.2 Å². The van der Waals surface area contributed by atoms with E-state index < -0.39 is 28.7 Å². The molecule has 5 rings (SSSR count). The minimum Gasteiger partial charge on any atom is -0.368 e. The zero-order valence-electron chi connectivity index (χ0n) is 21.5. The summed E-state index contributed by atoms with van der Waals surface area (Å²) in [5.41, 5.74) is 1.68. The highest BCUT2D eigenvalue weighted by Crippen LogP contribution is 2.46. The second-order valence-electron chi connectivity index (χ2n) is 10.9. The van der Waals surface area contributed by atoms with Crippen LogP contribution in [0.3, 0.4) is 0 Å². The van der Waals surface area contributed by atoms with Gasteiger partial charge in [-0.3, -0.25) is 13.9 Å². The molecule has 1 aromatic heterocycles. The van der Waals surface area contributed by atoms with Gasteiger partial charge < -0.3 is 10.2 Å². The summed E-state index contributed by atoms with van der Waals surface area (Å²) < 4.78 is 58.9. The molecule has 0 unspecified atom stereocenters. The molecule has 2 saturated carbocycles. The predicted octanol–water partition coefficient (Wildman–Crippen LogP) is 6.32. The van der Waals surface area contributed by atoms with Gasteiger partial charge in [-0.05, 0) is 43.4 Å². The van der Waals surface area contributed by atoms with Gasteiger partial charge in [-0.2, -0.15) is 29.0 Å². The molecule has 3 aliphatic rings. The van der Waals surface area contributed by atoms with Gasteiger partial charge >= 0.3 is 6.18 Å². The van der Waals surface area contributed by atoms with Crippen LogP contribution in [-0.4, -0.2) is 56.3 Å². The van der Waals surface area contributed by atoms with Crippen LogP contribution in [0.25, 0.3) is 10.4 Å². The molecule has 0 bridgehead atoms. The minimum absolute atomic E-state index is 0.166. The van der Waals surface area contributed by atoms with Crippen LogP contribution < -0.4 is 10.2 Å². The van der Waals surface area contributed by atoms with Gasteiger partial charge in [-0.25, -0.2) is 4.98 Å². The lowest BCUT2D eigenvalue weighted by molar-refractivity contribution is -0.134. The number of nitriles is 1. The first-order valence-corrected chi connectivity index (χ1v) is 16.1. The van der Waals surface area contributed by atoms with Crippen molar-refractivity contribution >= 4 is 33.5 Å². The number of halogens is 3. The van der Waals surface area contributed by atoms with Crippen LogP contribution in [0, 0.1) is 17.2 Å². The molecule has 7 nitrogen and oxygen atoms in total. The van der Waals surface area contributed by atoms with E-state index in [0.29, 0.717) is 61.0 Å². The summed E-state index contributed by atoms with van der Waals surface area (Å²) in [7, 11) is -2.51.